The monoisotopic (exact) mass is 290 g/mol. The number of aliphatic hydroxyl groups is 1. The van der Waals surface area contributed by atoms with E-state index < -0.39 is 30.8 Å². The van der Waals surface area contributed by atoms with Gasteiger partial charge in [-0.15, -0.1) is 0 Å². The fourth-order valence-corrected chi connectivity index (χ4v) is 4.03. The summed E-state index contributed by atoms with van der Waals surface area (Å²) in [5.74, 6) is -0.455. The Bertz CT molecular complexity index is 680. The number of hydrogen-bond acceptors (Lipinski definition) is 2. The summed E-state index contributed by atoms with van der Waals surface area (Å²) in [6.45, 7) is -1.48. The summed E-state index contributed by atoms with van der Waals surface area (Å²) in [6.07, 6.45) is 2.96. The Morgan fingerprint density at radius 2 is 2.05 bits per heavy atom. The Kier molecular flexibility index (Phi) is 2.70. The maximum Gasteiger partial charge on any atom is 0.0981 e. The van der Waals surface area contributed by atoms with Crippen LogP contribution in [-0.2, 0) is 0 Å². The summed E-state index contributed by atoms with van der Waals surface area (Å²) < 4.78 is 28.9. The second-order valence-electron chi connectivity index (χ2n) is 6.15. The van der Waals surface area contributed by atoms with Crippen LogP contribution in [0.15, 0.2) is 36.8 Å². The van der Waals surface area contributed by atoms with Gasteiger partial charge in [-0.2, -0.15) is 0 Å². The van der Waals surface area contributed by atoms with E-state index in [1.807, 2.05) is 28.8 Å². The molecule has 3 nitrogen and oxygen atoms in total. The van der Waals surface area contributed by atoms with Gasteiger partial charge in [0.05, 0.1) is 43.7 Å². The number of imidazole rings is 1. The minimum absolute atomic E-state index is 0.188. The van der Waals surface area contributed by atoms with E-state index >= 15 is 0 Å². The number of alkyl halides is 2. The maximum absolute atomic E-state index is 13.5. The molecule has 1 aliphatic carbocycles. The second kappa shape index (κ2) is 4.37. The number of nitrogens with zero attached hydrogens (tertiary/aromatic N) is 2. The molecule has 1 N–H and O–H groups in total. The summed E-state index contributed by atoms with van der Waals surface area (Å²) in [5, 5.41) is 10.2. The van der Waals surface area contributed by atoms with Crippen LogP contribution in [0.1, 0.15) is 18.0 Å². The van der Waals surface area contributed by atoms with Crippen molar-refractivity contribution >= 4 is 0 Å². The minimum Gasteiger partial charge on any atom is -0.393 e. The number of aromatic nitrogens is 2. The Morgan fingerprint density at radius 1 is 1.29 bits per heavy atom. The molecule has 0 saturated heterocycles. The van der Waals surface area contributed by atoms with Gasteiger partial charge >= 0.3 is 0 Å². The highest BCUT2D eigenvalue weighted by atomic mass is 19.1. The predicted octanol–water partition coefficient (Wildman–Crippen LogP) is 2.76. The van der Waals surface area contributed by atoms with Crippen molar-refractivity contribution in [2.45, 2.75) is 18.6 Å². The maximum atomic E-state index is 13.5. The number of hydrogen-bond donors (Lipinski definition) is 1. The zero-order valence-corrected chi connectivity index (χ0v) is 11.4. The van der Waals surface area contributed by atoms with Crippen molar-refractivity contribution in [2.75, 3.05) is 13.3 Å². The highest BCUT2D eigenvalue weighted by Crippen LogP contribution is 2.57. The van der Waals surface area contributed by atoms with Gasteiger partial charge in [-0.3, -0.25) is 8.78 Å². The van der Waals surface area contributed by atoms with Crippen molar-refractivity contribution in [3.8, 4) is 11.3 Å². The molecule has 110 valence electrons. The van der Waals surface area contributed by atoms with Crippen LogP contribution in [0.3, 0.4) is 0 Å². The third-order valence-electron chi connectivity index (χ3n) is 5.13. The van der Waals surface area contributed by atoms with Crippen LogP contribution < -0.4 is 0 Å². The predicted molar refractivity (Wildman–Crippen MR) is 74.3 cm³/mol. The number of halogens is 2. The first-order chi connectivity index (χ1) is 10.2. The highest BCUT2D eigenvalue weighted by molar-refractivity contribution is 5.69. The minimum atomic E-state index is -1.07. The van der Waals surface area contributed by atoms with Crippen molar-refractivity contribution in [2.24, 2.45) is 11.3 Å². The first-order valence-electron chi connectivity index (χ1n) is 7.13. The van der Waals surface area contributed by atoms with Crippen LogP contribution in [0, 0.1) is 11.3 Å². The van der Waals surface area contributed by atoms with E-state index in [0.29, 0.717) is 0 Å². The molecule has 3 atom stereocenters. The fourth-order valence-electron chi connectivity index (χ4n) is 4.03. The summed E-state index contributed by atoms with van der Waals surface area (Å²) in [5.41, 5.74) is 1.93. The van der Waals surface area contributed by atoms with E-state index in [0.717, 1.165) is 16.8 Å². The van der Waals surface area contributed by atoms with Crippen LogP contribution in [0.25, 0.3) is 11.3 Å². The molecule has 1 aliphatic heterocycles. The molecule has 0 spiro atoms. The van der Waals surface area contributed by atoms with E-state index in [1.54, 1.807) is 12.5 Å². The number of fused-ring (bicyclic) bond motifs is 3. The van der Waals surface area contributed by atoms with Crippen LogP contribution in [0.4, 0.5) is 8.78 Å². The van der Waals surface area contributed by atoms with Gasteiger partial charge in [0, 0.05) is 16.9 Å². The summed E-state index contributed by atoms with van der Waals surface area (Å²) >= 11 is 0. The molecule has 1 aromatic heterocycles. The summed E-state index contributed by atoms with van der Waals surface area (Å²) in [6, 6.07) is 7.57. The van der Waals surface area contributed by atoms with Gasteiger partial charge in [0.25, 0.3) is 0 Å². The molecule has 0 radical (unpaired) electrons. The number of aliphatic hydroxyl groups excluding tert-OH is 1. The van der Waals surface area contributed by atoms with E-state index in [4.69, 9.17) is 0 Å². The van der Waals surface area contributed by atoms with Crippen molar-refractivity contribution < 1.29 is 13.9 Å². The van der Waals surface area contributed by atoms with Gasteiger partial charge in [-0.1, -0.05) is 24.3 Å². The Morgan fingerprint density at radius 3 is 2.76 bits per heavy atom. The lowest BCUT2D eigenvalue weighted by molar-refractivity contribution is -0.143. The number of benzene rings is 1. The van der Waals surface area contributed by atoms with Gasteiger partial charge in [-0.25, -0.2) is 4.98 Å². The van der Waals surface area contributed by atoms with Crippen molar-refractivity contribution in [3.63, 3.8) is 0 Å². The average Bonchev–Trinajstić information content (AvgIpc) is 3.08. The zero-order chi connectivity index (χ0) is 14.6. The van der Waals surface area contributed by atoms with E-state index in [9.17, 15) is 13.9 Å². The van der Waals surface area contributed by atoms with Crippen molar-refractivity contribution in [3.05, 3.63) is 42.4 Å². The summed E-state index contributed by atoms with van der Waals surface area (Å²) in [4.78, 5) is 4.15. The first kappa shape index (κ1) is 13.0. The quantitative estimate of drug-likeness (QED) is 0.944. The van der Waals surface area contributed by atoms with Gasteiger partial charge in [0.2, 0.25) is 0 Å². The lowest BCUT2D eigenvalue weighted by Gasteiger charge is -2.53. The molecule has 0 bridgehead atoms. The van der Waals surface area contributed by atoms with E-state index in [-0.39, 0.29) is 12.5 Å². The molecule has 5 heteroatoms. The Balaban J connectivity index is 1.86. The topological polar surface area (TPSA) is 38.1 Å². The zero-order valence-electron chi connectivity index (χ0n) is 11.4. The molecule has 2 aromatic rings. The third kappa shape index (κ3) is 1.52. The molecule has 2 heterocycles. The third-order valence-corrected chi connectivity index (χ3v) is 5.13. The van der Waals surface area contributed by atoms with Crippen LogP contribution >= 0.6 is 0 Å². The SMILES string of the molecule is O[C@@H]1CC(CF)(CF)[C@@H]1[C@H]1c2ccccc2-c2cncn21. The molecule has 2 aliphatic rings. The van der Waals surface area contributed by atoms with Gasteiger partial charge < -0.3 is 9.67 Å². The molecule has 1 saturated carbocycles. The lowest BCUT2D eigenvalue weighted by atomic mass is 9.56. The highest BCUT2D eigenvalue weighted by Gasteiger charge is 2.59. The van der Waals surface area contributed by atoms with E-state index in [1.165, 1.54) is 0 Å². The Hall–Kier alpha value is -1.75. The van der Waals surface area contributed by atoms with Crippen LogP contribution in [-0.4, -0.2) is 34.1 Å². The van der Waals surface area contributed by atoms with Crippen molar-refractivity contribution in [1.82, 2.24) is 9.55 Å². The van der Waals surface area contributed by atoms with Crippen LogP contribution in [0.5, 0.6) is 0 Å². The smallest absolute Gasteiger partial charge is 0.0981 e. The first-order valence-corrected chi connectivity index (χ1v) is 7.13. The fraction of sp³-hybridized carbons (Fsp3) is 0.438. The lowest BCUT2D eigenvalue weighted by Crippen LogP contribution is -2.57. The molecular formula is C16H16F2N2O. The molecule has 1 fully saturated rings. The molecular weight excluding hydrogens is 274 g/mol. The summed E-state index contributed by atoms with van der Waals surface area (Å²) in [7, 11) is 0. The Labute approximate surface area is 121 Å². The normalized spacial score (nSPS) is 28.8. The largest absolute Gasteiger partial charge is 0.393 e. The molecule has 0 unspecified atom stereocenters. The molecule has 4 rings (SSSR count). The van der Waals surface area contributed by atoms with E-state index in [2.05, 4.69) is 4.98 Å². The standard InChI is InChI=1S/C16H16F2N2O/c17-7-16(8-18)5-13(21)14(16)15-11-4-2-1-3-10(11)12-6-19-9-20(12)15/h1-4,6,9,13-15,21H,5,7-8H2/t13-,14+,15-/m1/s1. The average molecular weight is 290 g/mol. The van der Waals surface area contributed by atoms with Gasteiger partial charge in [-0.05, 0) is 12.0 Å². The number of rotatable bonds is 3. The molecule has 1 aromatic carbocycles. The van der Waals surface area contributed by atoms with Gasteiger partial charge in [0.1, 0.15) is 0 Å². The second-order valence-corrected chi connectivity index (χ2v) is 6.15. The van der Waals surface area contributed by atoms with Crippen molar-refractivity contribution in [1.29, 1.82) is 0 Å². The van der Waals surface area contributed by atoms with Gasteiger partial charge in [0.15, 0.2) is 0 Å². The molecule has 21 heavy (non-hydrogen) atoms. The van der Waals surface area contributed by atoms with Crippen LogP contribution in [0.2, 0.25) is 0 Å². The molecule has 0 amide bonds.